The van der Waals surface area contributed by atoms with Crippen molar-refractivity contribution in [1.82, 2.24) is 0 Å². The standard InChI is InChI=1S/C22H29F5O.3C2H6.C2H4.CH3F/c1-2-3-14-4-6-15(7-5-14)16-8-10-17(11-9-16)22(26,27)28-18-12-19(23)21(25)20(24)13-18;5*1-2/h12-17H,2-11H2,1H3;3*1-2H3;1-2H2;1H3. The summed E-state index contributed by atoms with van der Waals surface area (Å²) in [5.41, 5.74) is 0. The smallest absolute Gasteiger partial charge is 0.400 e. The highest BCUT2D eigenvalue weighted by atomic mass is 19.3. The number of hydrogen-bond donors (Lipinski definition) is 0. The minimum absolute atomic E-state index is 0.332. The maximum Gasteiger partial charge on any atom is 0.400 e. The van der Waals surface area contributed by atoms with Crippen LogP contribution in [0.25, 0.3) is 0 Å². The molecular formula is C31H54F6O. The molecule has 0 saturated heterocycles. The van der Waals surface area contributed by atoms with Gasteiger partial charge in [-0.15, -0.1) is 13.2 Å². The van der Waals surface area contributed by atoms with Gasteiger partial charge in [0.15, 0.2) is 17.5 Å². The van der Waals surface area contributed by atoms with Gasteiger partial charge in [0, 0.05) is 12.1 Å². The van der Waals surface area contributed by atoms with Crippen molar-refractivity contribution in [2.24, 2.45) is 23.7 Å². The van der Waals surface area contributed by atoms with E-state index in [2.05, 4.69) is 24.8 Å². The molecular weight excluding hydrogens is 502 g/mol. The van der Waals surface area contributed by atoms with Crippen LogP contribution in [0, 0.1) is 41.1 Å². The Kier molecular flexibility index (Phi) is 26.2. The van der Waals surface area contributed by atoms with Gasteiger partial charge in [0.1, 0.15) is 5.75 Å². The van der Waals surface area contributed by atoms with Crippen LogP contribution in [0.1, 0.15) is 113 Å². The van der Waals surface area contributed by atoms with E-state index in [4.69, 9.17) is 0 Å². The fourth-order valence-corrected chi connectivity index (χ4v) is 5.11. The molecule has 0 aromatic heterocycles. The van der Waals surface area contributed by atoms with Crippen molar-refractivity contribution in [2.45, 2.75) is 119 Å². The molecule has 38 heavy (non-hydrogen) atoms. The van der Waals surface area contributed by atoms with Crippen molar-refractivity contribution in [3.8, 4) is 5.75 Å². The van der Waals surface area contributed by atoms with Gasteiger partial charge in [-0.3, -0.25) is 4.39 Å². The maximum atomic E-state index is 14.5. The topological polar surface area (TPSA) is 9.23 Å². The first-order valence-electron chi connectivity index (χ1n) is 14.4. The predicted molar refractivity (Wildman–Crippen MR) is 150 cm³/mol. The molecule has 226 valence electrons. The zero-order valence-corrected chi connectivity index (χ0v) is 25.1. The van der Waals surface area contributed by atoms with Gasteiger partial charge >= 0.3 is 6.11 Å². The fraction of sp³-hybridized carbons (Fsp3) is 0.742. The van der Waals surface area contributed by atoms with Crippen LogP contribution in [0.4, 0.5) is 26.3 Å². The minimum Gasteiger partial charge on any atom is -0.432 e. The van der Waals surface area contributed by atoms with Crippen LogP contribution in [-0.4, -0.2) is 13.3 Å². The molecule has 2 saturated carbocycles. The number of ether oxygens (including phenoxy) is 1. The van der Waals surface area contributed by atoms with Crippen LogP contribution in [0.15, 0.2) is 25.3 Å². The predicted octanol–water partition coefficient (Wildman–Crippen LogP) is 12.0. The molecule has 1 aromatic carbocycles. The van der Waals surface area contributed by atoms with E-state index in [1.165, 1.54) is 38.5 Å². The molecule has 2 aliphatic carbocycles. The SMILES string of the molecule is C=C.CC.CC.CC.CCCC1CCC(C2CCC(C(F)(F)Oc3cc(F)c(F)c(F)c3)CC2)CC1.CF. The third-order valence-corrected chi connectivity index (χ3v) is 6.71. The summed E-state index contributed by atoms with van der Waals surface area (Å²) in [6.45, 7) is 20.2. The number of alkyl halides is 3. The highest BCUT2D eigenvalue weighted by Crippen LogP contribution is 2.46. The van der Waals surface area contributed by atoms with E-state index in [0.717, 1.165) is 18.8 Å². The van der Waals surface area contributed by atoms with Gasteiger partial charge in [-0.1, -0.05) is 74.1 Å². The van der Waals surface area contributed by atoms with Crippen molar-refractivity contribution in [2.75, 3.05) is 7.18 Å². The van der Waals surface area contributed by atoms with E-state index in [9.17, 15) is 26.3 Å². The Morgan fingerprint density at radius 3 is 1.47 bits per heavy atom. The summed E-state index contributed by atoms with van der Waals surface area (Å²) in [7, 11) is 0.500. The Balaban J connectivity index is -0.00000110. The molecule has 0 unspecified atom stereocenters. The van der Waals surface area contributed by atoms with E-state index in [-0.39, 0.29) is 0 Å². The van der Waals surface area contributed by atoms with Crippen molar-refractivity contribution >= 4 is 0 Å². The van der Waals surface area contributed by atoms with Crippen LogP contribution in [-0.2, 0) is 0 Å². The molecule has 7 heteroatoms. The number of benzene rings is 1. The third kappa shape index (κ3) is 13.9. The molecule has 0 atom stereocenters. The van der Waals surface area contributed by atoms with Crippen LogP contribution >= 0.6 is 0 Å². The van der Waals surface area contributed by atoms with Gasteiger partial charge in [-0.25, -0.2) is 13.2 Å². The Morgan fingerprint density at radius 1 is 0.737 bits per heavy atom. The lowest BCUT2D eigenvalue weighted by Gasteiger charge is -2.39. The average molecular weight is 557 g/mol. The molecule has 0 amide bonds. The normalized spacial score (nSPS) is 22.1. The van der Waals surface area contributed by atoms with E-state index < -0.39 is 35.2 Å². The first-order chi connectivity index (χ1) is 18.3. The Hall–Kier alpha value is -1.66. The first kappa shape index (κ1) is 40.8. The highest BCUT2D eigenvalue weighted by molar-refractivity contribution is 5.25. The first-order valence-corrected chi connectivity index (χ1v) is 14.4. The molecule has 0 bridgehead atoms. The second kappa shape index (κ2) is 24.4. The van der Waals surface area contributed by atoms with Gasteiger partial charge < -0.3 is 4.74 Å². The monoisotopic (exact) mass is 556 g/mol. The summed E-state index contributed by atoms with van der Waals surface area (Å²) in [5.74, 6) is -4.49. The van der Waals surface area contributed by atoms with E-state index in [1.54, 1.807) is 0 Å². The van der Waals surface area contributed by atoms with Crippen molar-refractivity contribution in [3.63, 3.8) is 0 Å². The van der Waals surface area contributed by atoms with E-state index in [1.807, 2.05) is 41.5 Å². The van der Waals surface area contributed by atoms with Crippen molar-refractivity contribution in [1.29, 1.82) is 0 Å². The maximum absolute atomic E-state index is 14.5. The summed E-state index contributed by atoms with van der Waals surface area (Å²) in [4.78, 5) is 0. The Bertz CT molecular complexity index is 643. The van der Waals surface area contributed by atoms with Gasteiger partial charge in [0.2, 0.25) is 0 Å². The van der Waals surface area contributed by atoms with Gasteiger partial charge in [-0.2, -0.15) is 8.78 Å². The summed E-state index contributed by atoms with van der Waals surface area (Å²) in [5, 5.41) is 0. The van der Waals surface area contributed by atoms with Crippen LogP contribution < -0.4 is 4.74 Å². The largest absolute Gasteiger partial charge is 0.432 e. The average Bonchev–Trinajstić information content (AvgIpc) is 2.97. The second-order valence-corrected chi connectivity index (χ2v) is 8.55. The van der Waals surface area contributed by atoms with Crippen molar-refractivity contribution < 1.29 is 31.1 Å². The van der Waals surface area contributed by atoms with Gasteiger partial charge in [-0.05, 0) is 56.3 Å². The number of hydrogen-bond acceptors (Lipinski definition) is 1. The molecule has 0 spiro atoms. The third-order valence-electron chi connectivity index (χ3n) is 6.71. The summed E-state index contributed by atoms with van der Waals surface area (Å²) in [6.07, 6.45) is 6.00. The Morgan fingerprint density at radius 2 is 1.11 bits per heavy atom. The number of rotatable bonds is 6. The molecule has 3 rings (SSSR count). The molecule has 2 aliphatic rings. The molecule has 0 aliphatic heterocycles. The van der Waals surface area contributed by atoms with E-state index in [0.29, 0.717) is 44.0 Å². The molecule has 0 N–H and O–H groups in total. The lowest BCUT2D eigenvalue weighted by Crippen LogP contribution is -2.38. The molecule has 0 heterocycles. The summed E-state index contributed by atoms with van der Waals surface area (Å²) < 4.78 is 82.6. The Labute approximate surface area is 229 Å². The van der Waals surface area contributed by atoms with Gasteiger partial charge in [0.25, 0.3) is 0 Å². The lowest BCUT2D eigenvalue weighted by atomic mass is 9.68. The zero-order chi connectivity index (χ0) is 30.3. The second-order valence-electron chi connectivity index (χ2n) is 8.55. The number of halogens is 6. The van der Waals surface area contributed by atoms with Gasteiger partial charge in [0.05, 0.1) is 13.1 Å². The molecule has 0 radical (unpaired) electrons. The lowest BCUT2D eigenvalue weighted by molar-refractivity contribution is -0.224. The summed E-state index contributed by atoms with van der Waals surface area (Å²) >= 11 is 0. The van der Waals surface area contributed by atoms with Crippen molar-refractivity contribution in [3.05, 3.63) is 42.7 Å². The quantitative estimate of drug-likeness (QED) is 0.192. The van der Waals surface area contributed by atoms with E-state index >= 15 is 0 Å². The van der Waals surface area contributed by atoms with Crippen LogP contribution in [0.3, 0.4) is 0 Å². The zero-order valence-electron chi connectivity index (χ0n) is 25.1. The summed E-state index contributed by atoms with van der Waals surface area (Å²) in [6, 6.07) is 0.930. The fourth-order valence-electron chi connectivity index (χ4n) is 5.11. The highest BCUT2D eigenvalue weighted by Gasteiger charge is 2.45. The van der Waals surface area contributed by atoms with Crippen LogP contribution in [0.5, 0.6) is 5.75 Å². The molecule has 2 fully saturated rings. The molecule has 1 nitrogen and oxygen atoms in total. The molecule has 1 aromatic rings. The minimum atomic E-state index is -3.53. The van der Waals surface area contributed by atoms with Crippen LogP contribution in [0.2, 0.25) is 0 Å².